The van der Waals surface area contributed by atoms with Gasteiger partial charge >= 0.3 is 0 Å². The second-order valence-electron chi connectivity index (χ2n) is 2.11. The van der Waals surface area contributed by atoms with Gasteiger partial charge in [0.15, 0.2) is 9.84 Å². The molecule has 1 heterocycles. The Labute approximate surface area is 57.4 Å². The summed E-state index contributed by atoms with van der Waals surface area (Å²) >= 11 is 5.85. The minimum absolute atomic E-state index is 0.0694. The molecule has 0 aliphatic carbocycles. The lowest BCUT2D eigenvalue weighted by atomic mass is 10.7. The maximum atomic E-state index is 5.85. The van der Waals surface area contributed by atoms with Crippen molar-refractivity contribution in [2.45, 2.75) is 12.5 Å². The van der Waals surface area contributed by atoms with Crippen molar-refractivity contribution in [2.24, 2.45) is 0 Å². The molecule has 1 rings (SSSR count). The first-order chi connectivity index (χ1) is 3.75. The average Bonchev–Trinajstić information content (AvgIpc) is 1.81. The summed E-state index contributed by atoms with van der Waals surface area (Å²) < 4.78 is 4.55. The van der Waals surface area contributed by atoms with Crippen LogP contribution >= 0.6 is 11.6 Å². The zero-order chi connectivity index (χ0) is 6.15. The summed E-state index contributed by atoms with van der Waals surface area (Å²) in [7, 11) is 2.01. The van der Waals surface area contributed by atoms with Crippen LogP contribution in [0.1, 0.15) is 6.92 Å². The molecule has 1 saturated heterocycles. The van der Waals surface area contributed by atoms with E-state index in [1.807, 2.05) is 0 Å². The minimum atomic E-state index is -0.0694. The highest BCUT2D eigenvalue weighted by molar-refractivity contribution is 6.39. The number of halogens is 1. The predicted octanol–water partition coefficient (Wildman–Crippen LogP) is -0.225. The van der Waals surface area contributed by atoms with Gasteiger partial charge in [-0.1, -0.05) is 18.5 Å². The van der Waals surface area contributed by atoms with Crippen LogP contribution in [0.15, 0.2) is 0 Å². The van der Waals surface area contributed by atoms with E-state index in [0.29, 0.717) is 0 Å². The molecule has 0 aromatic rings. The summed E-state index contributed by atoms with van der Waals surface area (Å²) in [6.45, 7) is 3.26. The fraction of sp³-hybridized carbons (Fsp3) is 1.00. The van der Waals surface area contributed by atoms with Crippen molar-refractivity contribution in [1.29, 1.82) is 0 Å². The molecular formula is C4H11ClN2Si. The monoisotopic (exact) mass is 150 g/mol. The van der Waals surface area contributed by atoms with Gasteiger partial charge < -0.3 is 0 Å². The Hall–Kier alpha value is 0.427. The molecule has 8 heavy (non-hydrogen) atoms. The van der Waals surface area contributed by atoms with E-state index in [2.05, 4.69) is 23.1 Å². The van der Waals surface area contributed by atoms with Crippen LogP contribution < -0.4 is 0 Å². The number of rotatable bonds is 1. The van der Waals surface area contributed by atoms with Crippen LogP contribution in [0.2, 0.25) is 0 Å². The predicted molar refractivity (Wildman–Crippen MR) is 38.3 cm³/mol. The second kappa shape index (κ2) is 2.35. The Morgan fingerprint density at radius 1 is 1.75 bits per heavy atom. The Bertz CT molecular complexity index is 90.1. The number of nitrogens with zero attached hydrogens (tertiary/aromatic N) is 2. The van der Waals surface area contributed by atoms with E-state index in [-0.39, 0.29) is 15.5 Å². The van der Waals surface area contributed by atoms with Crippen LogP contribution in [-0.2, 0) is 0 Å². The molecule has 0 saturated carbocycles. The average molecular weight is 151 g/mol. The van der Waals surface area contributed by atoms with Gasteiger partial charge in [0.05, 0.1) is 0 Å². The number of hydrogen-bond donors (Lipinski definition) is 0. The summed E-state index contributed by atoms with van der Waals surface area (Å²) in [5.41, 5.74) is 0.215. The molecule has 0 spiro atoms. The molecule has 0 radical (unpaired) electrons. The molecular weight excluding hydrogens is 140 g/mol. The zero-order valence-electron chi connectivity index (χ0n) is 5.26. The third-order valence-corrected chi connectivity index (χ3v) is 4.50. The molecule has 1 aliphatic heterocycles. The van der Waals surface area contributed by atoms with Crippen LogP contribution in [-0.4, -0.2) is 38.2 Å². The molecule has 1 atom stereocenters. The molecule has 4 heteroatoms. The van der Waals surface area contributed by atoms with E-state index in [1.165, 1.54) is 0 Å². The highest BCUT2D eigenvalue weighted by Crippen LogP contribution is 2.15. The molecule has 48 valence electrons. The summed E-state index contributed by atoms with van der Waals surface area (Å²) in [6, 6.07) is 0. The lowest BCUT2D eigenvalue weighted by Crippen LogP contribution is -2.61. The van der Waals surface area contributed by atoms with Gasteiger partial charge in [0.1, 0.15) is 5.62 Å². The van der Waals surface area contributed by atoms with Gasteiger partial charge in [-0.05, 0) is 13.6 Å². The molecule has 0 bridgehead atoms. The van der Waals surface area contributed by atoms with Crippen molar-refractivity contribution < 1.29 is 0 Å². The maximum absolute atomic E-state index is 5.85. The first-order valence-electron chi connectivity index (χ1n) is 2.84. The van der Waals surface area contributed by atoms with Crippen LogP contribution in [0.5, 0.6) is 0 Å². The van der Waals surface area contributed by atoms with E-state index < -0.39 is 0 Å². The van der Waals surface area contributed by atoms with Crippen molar-refractivity contribution in [3.63, 3.8) is 0 Å². The summed E-state index contributed by atoms with van der Waals surface area (Å²) in [5.74, 6) is 0. The van der Waals surface area contributed by atoms with Crippen molar-refractivity contribution in [1.82, 2.24) is 9.13 Å². The van der Waals surface area contributed by atoms with E-state index >= 15 is 0 Å². The molecule has 1 unspecified atom stereocenters. The second-order valence-corrected chi connectivity index (χ2v) is 4.60. The standard InChI is InChI=1S/C4H11ClN2Si/c1-3-7-4(5)6(2)8-7/h4H,3,8H2,1-2H3. The molecule has 0 aromatic carbocycles. The van der Waals surface area contributed by atoms with E-state index in [4.69, 9.17) is 11.6 Å². The van der Waals surface area contributed by atoms with Crippen molar-refractivity contribution in [3.8, 4) is 0 Å². The number of alkyl halides is 1. The quantitative estimate of drug-likeness (QED) is 0.290. The Morgan fingerprint density at radius 2 is 2.38 bits per heavy atom. The highest BCUT2D eigenvalue weighted by Gasteiger charge is 2.29. The van der Waals surface area contributed by atoms with Crippen molar-refractivity contribution in [2.75, 3.05) is 13.6 Å². The SMILES string of the molecule is CCN1[SiH2]N(C)C1Cl. The molecule has 1 fully saturated rings. The Balaban J connectivity index is 2.25. The molecule has 0 amide bonds. The molecule has 2 nitrogen and oxygen atoms in total. The van der Waals surface area contributed by atoms with Gasteiger partial charge in [-0.25, -0.2) is 0 Å². The summed E-state index contributed by atoms with van der Waals surface area (Å²) in [4.78, 5) is 0. The first kappa shape index (κ1) is 6.55. The molecule has 0 aromatic heterocycles. The largest absolute Gasteiger partial charge is 0.292 e. The first-order valence-corrected chi connectivity index (χ1v) is 4.54. The van der Waals surface area contributed by atoms with Crippen LogP contribution in [0, 0.1) is 0 Å². The van der Waals surface area contributed by atoms with Gasteiger partial charge in [-0.2, -0.15) is 0 Å². The van der Waals surface area contributed by atoms with E-state index in [1.54, 1.807) is 0 Å². The third kappa shape index (κ3) is 0.909. The van der Waals surface area contributed by atoms with Gasteiger partial charge in [0.25, 0.3) is 0 Å². The normalized spacial score (nSPS) is 35.6. The smallest absolute Gasteiger partial charge is 0.177 e. The van der Waals surface area contributed by atoms with Crippen molar-refractivity contribution >= 4 is 21.4 Å². The van der Waals surface area contributed by atoms with E-state index in [0.717, 1.165) is 6.54 Å². The number of hydrogen-bond acceptors (Lipinski definition) is 2. The highest BCUT2D eigenvalue weighted by atomic mass is 35.5. The van der Waals surface area contributed by atoms with Gasteiger partial charge in [-0.3, -0.25) is 9.13 Å². The molecule has 0 N–H and O–H groups in total. The maximum Gasteiger partial charge on any atom is 0.177 e. The zero-order valence-corrected chi connectivity index (χ0v) is 7.43. The third-order valence-electron chi connectivity index (χ3n) is 1.48. The Morgan fingerprint density at radius 3 is 2.50 bits per heavy atom. The fourth-order valence-electron chi connectivity index (χ4n) is 0.854. The topological polar surface area (TPSA) is 6.48 Å². The van der Waals surface area contributed by atoms with Gasteiger partial charge in [0.2, 0.25) is 0 Å². The summed E-state index contributed by atoms with van der Waals surface area (Å²) in [6.07, 6.45) is 0. The van der Waals surface area contributed by atoms with Gasteiger partial charge in [-0.15, -0.1) is 0 Å². The van der Waals surface area contributed by atoms with Gasteiger partial charge in [0, 0.05) is 0 Å². The fourth-order valence-corrected chi connectivity index (χ4v) is 2.61. The summed E-state index contributed by atoms with van der Waals surface area (Å²) in [5, 5.41) is 0. The molecule has 1 aliphatic rings. The van der Waals surface area contributed by atoms with Crippen molar-refractivity contribution in [3.05, 3.63) is 0 Å². The minimum Gasteiger partial charge on any atom is -0.292 e. The van der Waals surface area contributed by atoms with Crippen LogP contribution in [0.25, 0.3) is 0 Å². The van der Waals surface area contributed by atoms with Crippen LogP contribution in [0.3, 0.4) is 0 Å². The van der Waals surface area contributed by atoms with E-state index in [9.17, 15) is 0 Å². The lowest BCUT2D eigenvalue weighted by molar-refractivity contribution is 0.199. The lowest BCUT2D eigenvalue weighted by Gasteiger charge is -2.44. The Kier molecular flexibility index (Phi) is 1.92. The van der Waals surface area contributed by atoms with Crippen LogP contribution in [0.4, 0.5) is 0 Å².